The second-order valence-electron chi connectivity index (χ2n) is 6.47. The highest BCUT2D eigenvalue weighted by Gasteiger charge is 2.61. The Morgan fingerprint density at radius 2 is 1.80 bits per heavy atom. The predicted molar refractivity (Wildman–Crippen MR) is 69.5 cm³/mol. The van der Waals surface area contributed by atoms with Crippen molar-refractivity contribution in [2.24, 2.45) is 0 Å². The first-order valence-corrected chi connectivity index (χ1v) is 7.58. The van der Waals surface area contributed by atoms with Gasteiger partial charge in [0.05, 0.1) is 0 Å². The van der Waals surface area contributed by atoms with Crippen molar-refractivity contribution in [3.8, 4) is 0 Å². The number of nitrogens with one attached hydrogen (secondary N) is 1. The lowest BCUT2D eigenvalue weighted by Gasteiger charge is -2.42. The number of amides is 1. The summed E-state index contributed by atoms with van der Waals surface area (Å²) in [7, 11) is 0. The lowest BCUT2D eigenvalue weighted by atomic mass is 9.75. The zero-order valence-corrected chi connectivity index (χ0v) is 11.6. The smallest absolute Gasteiger partial charge is 0.352 e. The Balaban J connectivity index is 1.51. The van der Waals surface area contributed by atoms with Crippen LogP contribution >= 0.6 is 0 Å². The molecule has 3 aliphatic rings. The molecular formula is C14H22F2N2O2. The van der Waals surface area contributed by atoms with Crippen LogP contribution in [-0.4, -0.2) is 52.6 Å². The molecule has 2 N–H and O–H groups in total. The molecular weight excluding hydrogens is 266 g/mol. The fraction of sp³-hybridized carbons (Fsp3) is 0.929. The van der Waals surface area contributed by atoms with E-state index < -0.39 is 17.4 Å². The third-order valence-electron chi connectivity index (χ3n) is 4.98. The maximum Gasteiger partial charge on any atom is 0.352 e. The van der Waals surface area contributed by atoms with E-state index in [0.29, 0.717) is 12.5 Å². The molecule has 0 aromatic heterocycles. The van der Waals surface area contributed by atoms with Crippen LogP contribution < -0.4 is 5.32 Å². The highest BCUT2D eigenvalue weighted by atomic mass is 19.3. The number of aliphatic hydroxyl groups is 1. The molecule has 1 amide bonds. The third kappa shape index (κ3) is 2.44. The summed E-state index contributed by atoms with van der Waals surface area (Å²) in [4.78, 5) is 14.1. The second kappa shape index (κ2) is 4.91. The average Bonchev–Trinajstić information content (AvgIpc) is 3.21. The Labute approximate surface area is 117 Å². The number of alkyl halides is 2. The first-order chi connectivity index (χ1) is 9.42. The topological polar surface area (TPSA) is 52.6 Å². The van der Waals surface area contributed by atoms with E-state index in [9.17, 15) is 18.7 Å². The van der Waals surface area contributed by atoms with Gasteiger partial charge >= 0.3 is 5.92 Å². The van der Waals surface area contributed by atoms with Crippen molar-refractivity contribution in [1.82, 2.24) is 10.2 Å². The molecule has 1 heterocycles. The molecule has 1 aliphatic heterocycles. The lowest BCUT2D eigenvalue weighted by molar-refractivity contribution is -0.216. The van der Waals surface area contributed by atoms with Crippen LogP contribution in [0.1, 0.15) is 44.9 Å². The SMILES string of the molecule is O=C(NC1CCN(C2CC2)CC1)C(F)(F)C1(O)CCC1. The van der Waals surface area contributed by atoms with E-state index in [2.05, 4.69) is 10.2 Å². The molecule has 6 heteroatoms. The summed E-state index contributed by atoms with van der Waals surface area (Å²) >= 11 is 0. The Morgan fingerprint density at radius 3 is 2.25 bits per heavy atom. The highest BCUT2D eigenvalue weighted by molar-refractivity contribution is 5.85. The Morgan fingerprint density at radius 1 is 1.20 bits per heavy atom. The fourth-order valence-electron chi connectivity index (χ4n) is 3.16. The van der Waals surface area contributed by atoms with Crippen molar-refractivity contribution in [2.45, 2.75) is 68.6 Å². The highest BCUT2D eigenvalue weighted by Crippen LogP contribution is 2.44. The van der Waals surface area contributed by atoms with Crippen LogP contribution in [-0.2, 0) is 4.79 Å². The van der Waals surface area contributed by atoms with Crippen molar-refractivity contribution in [3.05, 3.63) is 0 Å². The molecule has 0 atom stereocenters. The minimum Gasteiger partial charge on any atom is -0.383 e. The first kappa shape index (κ1) is 14.2. The zero-order chi connectivity index (χ0) is 14.4. The van der Waals surface area contributed by atoms with Gasteiger partial charge in [0.15, 0.2) is 0 Å². The van der Waals surface area contributed by atoms with Crippen molar-refractivity contribution < 1.29 is 18.7 Å². The van der Waals surface area contributed by atoms with Gasteiger partial charge in [-0.25, -0.2) is 0 Å². The Bertz CT molecular complexity index is 387. The molecule has 4 nitrogen and oxygen atoms in total. The third-order valence-corrected chi connectivity index (χ3v) is 4.98. The molecule has 0 spiro atoms. The number of halogens is 2. The van der Waals surface area contributed by atoms with Gasteiger partial charge in [-0.3, -0.25) is 4.79 Å². The molecule has 2 aliphatic carbocycles. The summed E-state index contributed by atoms with van der Waals surface area (Å²) in [5.74, 6) is -4.97. The first-order valence-electron chi connectivity index (χ1n) is 7.58. The van der Waals surface area contributed by atoms with Gasteiger partial charge in [0.2, 0.25) is 0 Å². The minimum atomic E-state index is -3.67. The van der Waals surface area contributed by atoms with Gasteiger partial charge in [-0.05, 0) is 44.9 Å². The number of likely N-dealkylation sites (tertiary alicyclic amines) is 1. The van der Waals surface area contributed by atoms with Gasteiger partial charge in [0.1, 0.15) is 5.60 Å². The van der Waals surface area contributed by atoms with Crippen LogP contribution in [0.3, 0.4) is 0 Å². The van der Waals surface area contributed by atoms with E-state index in [1.807, 2.05) is 0 Å². The van der Waals surface area contributed by atoms with Crippen molar-refractivity contribution in [1.29, 1.82) is 0 Å². The number of nitrogens with zero attached hydrogens (tertiary/aromatic N) is 1. The van der Waals surface area contributed by atoms with Gasteiger partial charge in [-0.2, -0.15) is 8.78 Å². The molecule has 0 aromatic rings. The molecule has 114 valence electrons. The van der Waals surface area contributed by atoms with Gasteiger partial charge in [-0.1, -0.05) is 0 Å². The number of carbonyl (C=O) groups excluding carboxylic acids is 1. The Kier molecular flexibility index (Phi) is 3.49. The lowest BCUT2D eigenvalue weighted by Crippen LogP contribution is -2.62. The van der Waals surface area contributed by atoms with Crippen LogP contribution in [0.25, 0.3) is 0 Å². The van der Waals surface area contributed by atoms with Crippen LogP contribution in [0.4, 0.5) is 8.78 Å². The van der Waals surface area contributed by atoms with Crippen LogP contribution in [0.2, 0.25) is 0 Å². The molecule has 3 fully saturated rings. The van der Waals surface area contributed by atoms with Crippen LogP contribution in [0.5, 0.6) is 0 Å². The van der Waals surface area contributed by atoms with Gasteiger partial charge in [0, 0.05) is 25.2 Å². The number of rotatable bonds is 4. The second-order valence-corrected chi connectivity index (χ2v) is 6.47. The van der Waals surface area contributed by atoms with Gasteiger partial charge < -0.3 is 15.3 Å². The molecule has 2 saturated carbocycles. The molecule has 0 unspecified atom stereocenters. The molecule has 0 radical (unpaired) electrons. The summed E-state index contributed by atoms with van der Waals surface area (Å²) in [5.41, 5.74) is -2.12. The van der Waals surface area contributed by atoms with E-state index in [-0.39, 0.29) is 18.9 Å². The summed E-state index contributed by atoms with van der Waals surface area (Å²) in [6, 6.07) is 0.496. The normalized spacial score (nSPS) is 27.9. The van der Waals surface area contributed by atoms with Crippen LogP contribution in [0, 0.1) is 0 Å². The number of hydrogen-bond donors (Lipinski definition) is 2. The van der Waals surface area contributed by atoms with Crippen molar-refractivity contribution in [3.63, 3.8) is 0 Å². The van der Waals surface area contributed by atoms with E-state index in [1.165, 1.54) is 12.8 Å². The van der Waals surface area contributed by atoms with E-state index in [4.69, 9.17) is 0 Å². The van der Waals surface area contributed by atoms with Crippen molar-refractivity contribution >= 4 is 5.91 Å². The van der Waals surface area contributed by atoms with Gasteiger partial charge in [0.25, 0.3) is 5.91 Å². The van der Waals surface area contributed by atoms with Crippen molar-refractivity contribution in [2.75, 3.05) is 13.1 Å². The number of hydrogen-bond acceptors (Lipinski definition) is 3. The Hall–Kier alpha value is -0.750. The van der Waals surface area contributed by atoms with Gasteiger partial charge in [-0.15, -0.1) is 0 Å². The average molecular weight is 288 g/mol. The van der Waals surface area contributed by atoms with E-state index in [0.717, 1.165) is 25.9 Å². The molecule has 0 bridgehead atoms. The predicted octanol–water partition coefficient (Wildman–Crippen LogP) is 1.28. The quantitative estimate of drug-likeness (QED) is 0.819. The van der Waals surface area contributed by atoms with E-state index in [1.54, 1.807) is 0 Å². The maximum absolute atomic E-state index is 13.9. The van der Waals surface area contributed by atoms with Crippen LogP contribution in [0.15, 0.2) is 0 Å². The van der Waals surface area contributed by atoms with E-state index >= 15 is 0 Å². The summed E-state index contributed by atoms with van der Waals surface area (Å²) in [5, 5.41) is 12.2. The summed E-state index contributed by atoms with van der Waals surface area (Å²) in [6.07, 6.45) is 4.48. The molecule has 3 rings (SSSR count). The zero-order valence-electron chi connectivity index (χ0n) is 11.6. The monoisotopic (exact) mass is 288 g/mol. The standard InChI is InChI=1S/C14H22F2N2O2/c15-14(16,13(20)6-1-7-13)12(19)17-10-4-8-18(9-5-10)11-2-3-11/h10-11,20H,1-9H2,(H,17,19). The molecule has 20 heavy (non-hydrogen) atoms. The molecule has 0 aromatic carbocycles. The molecule has 1 saturated heterocycles. The summed E-state index contributed by atoms with van der Waals surface area (Å²) in [6.45, 7) is 1.73. The number of carbonyl (C=O) groups is 1. The largest absolute Gasteiger partial charge is 0.383 e. The minimum absolute atomic E-state index is 0.00748. The summed E-state index contributed by atoms with van der Waals surface area (Å²) < 4.78 is 27.9. The maximum atomic E-state index is 13.9. The fourth-order valence-corrected chi connectivity index (χ4v) is 3.16. The number of piperidine rings is 1.